The Morgan fingerprint density at radius 1 is 1.13 bits per heavy atom. The predicted octanol–water partition coefficient (Wildman–Crippen LogP) is 2.01. The van der Waals surface area contributed by atoms with E-state index in [1.54, 1.807) is 6.20 Å². The summed E-state index contributed by atoms with van der Waals surface area (Å²) in [6, 6.07) is 12.3. The maximum absolute atomic E-state index is 4.97. The number of hydrogen-bond acceptors (Lipinski definition) is 3. The molecule has 0 amide bonds. The third kappa shape index (κ3) is 3.22. The summed E-state index contributed by atoms with van der Waals surface area (Å²) in [4.78, 5) is 0. The molecule has 0 atom stereocenters. The van der Waals surface area contributed by atoms with Gasteiger partial charge < -0.3 is 9.84 Å². The molecule has 0 saturated carbocycles. The van der Waals surface area contributed by atoms with Crippen molar-refractivity contribution in [2.45, 2.75) is 13.0 Å². The van der Waals surface area contributed by atoms with Gasteiger partial charge in [-0.3, -0.25) is 0 Å². The van der Waals surface area contributed by atoms with Gasteiger partial charge in [0, 0.05) is 6.07 Å². The molecule has 3 nitrogen and oxygen atoms in total. The van der Waals surface area contributed by atoms with E-state index in [0.717, 1.165) is 25.3 Å². The maximum Gasteiger partial charge on any atom is 0.150 e. The highest BCUT2D eigenvalue weighted by Gasteiger charge is 1.95. The van der Waals surface area contributed by atoms with Crippen molar-refractivity contribution in [3.63, 3.8) is 0 Å². The van der Waals surface area contributed by atoms with Crippen LogP contribution in [-0.4, -0.2) is 11.7 Å². The van der Waals surface area contributed by atoms with Gasteiger partial charge >= 0.3 is 0 Å². The monoisotopic (exact) mass is 202 g/mol. The zero-order valence-corrected chi connectivity index (χ0v) is 8.52. The molecule has 0 saturated heterocycles. The normalized spacial score (nSPS) is 10.4. The van der Waals surface area contributed by atoms with Gasteiger partial charge in [-0.2, -0.15) is 0 Å². The molecule has 1 aromatic carbocycles. The van der Waals surface area contributed by atoms with Crippen LogP contribution in [-0.2, 0) is 13.0 Å². The van der Waals surface area contributed by atoms with E-state index in [9.17, 15) is 0 Å². The first kappa shape index (κ1) is 9.93. The summed E-state index contributed by atoms with van der Waals surface area (Å²) in [5.41, 5.74) is 1.35. The van der Waals surface area contributed by atoms with E-state index in [2.05, 4.69) is 34.7 Å². The Labute approximate surface area is 89.1 Å². The highest BCUT2D eigenvalue weighted by atomic mass is 16.5. The fraction of sp³-hybridized carbons (Fsp3) is 0.250. The molecule has 1 N–H and O–H groups in total. The Kier molecular flexibility index (Phi) is 3.52. The van der Waals surface area contributed by atoms with E-state index in [4.69, 9.17) is 4.52 Å². The van der Waals surface area contributed by atoms with Crippen LogP contribution in [0.5, 0.6) is 0 Å². The molecule has 2 aromatic rings. The lowest BCUT2D eigenvalue weighted by atomic mass is 10.1. The average molecular weight is 202 g/mol. The molecule has 0 unspecified atom stereocenters. The van der Waals surface area contributed by atoms with Crippen LogP contribution in [0.4, 0.5) is 0 Å². The van der Waals surface area contributed by atoms with E-state index in [1.165, 1.54) is 5.56 Å². The molecule has 0 aliphatic rings. The molecule has 0 spiro atoms. The Bertz CT molecular complexity index is 370. The van der Waals surface area contributed by atoms with Crippen LogP contribution in [0.25, 0.3) is 0 Å². The van der Waals surface area contributed by atoms with Gasteiger partial charge in [0.2, 0.25) is 0 Å². The Morgan fingerprint density at radius 2 is 2.00 bits per heavy atom. The minimum Gasteiger partial charge on any atom is -0.360 e. The lowest BCUT2D eigenvalue weighted by Gasteiger charge is -2.02. The van der Waals surface area contributed by atoms with Gasteiger partial charge in [-0.05, 0) is 18.5 Å². The number of hydrogen-bond donors (Lipinski definition) is 1. The van der Waals surface area contributed by atoms with Crippen LogP contribution >= 0.6 is 0 Å². The van der Waals surface area contributed by atoms with Crippen LogP contribution in [0.2, 0.25) is 0 Å². The number of benzene rings is 1. The highest BCUT2D eigenvalue weighted by Crippen LogP contribution is 1.99. The van der Waals surface area contributed by atoms with Crippen LogP contribution < -0.4 is 5.32 Å². The summed E-state index contributed by atoms with van der Waals surface area (Å²) in [5.74, 6) is 0.878. The Balaban J connectivity index is 1.68. The van der Waals surface area contributed by atoms with Gasteiger partial charge in [0.05, 0.1) is 12.7 Å². The Hall–Kier alpha value is -1.61. The molecule has 1 heterocycles. The van der Waals surface area contributed by atoms with Crippen molar-refractivity contribution < 1.29 is 4.52 Å². The van der Waals surface area contributed by atoms with Gasteiger partial charge in [0.25, 0.3) is 0 Å². The van der Waals surface area contributed by atoms with Crippen molar-refractivity contribution in [1.29, 1.82) is 0 Å². The van der Waals surface area contributed by atoms with E-state index in [0.29, 0.717) is 0 Å². The average Bonchev–Trinajstić information content (AvgIpc) is 2.79. The fourth-order valence-electron chi connectivity index (χ4n) is 1.42. The lowest BCUT2D eigenvalue weighted by Crippen LogP contribution is -2.16. The van der Waals surface area contributed by atoms with E-state index in [1.807, 2.05) is 12.1 Å². The minimum absolute atomic E-state index is 0.743. The standard InChI is InChI=1S/C12H14N2O/c1-2-4-11(5-3-1)6-8-13-10-12-7-9-14-15-12/h1-5,7,9,13H,6,8,10H2. The highest BCUT2D eigenvalue weighted by molar-refractivity contribution is 5.14. The first-order valence-electron chi connectivity index (χ1n) is 5.09. The third-order valence-electron chi connectivity index (χ3n) is 2.22. The van der Waals surface area contributed by atoms with E-state index < -0.39 is 0 Å². The van der Waals surface area contributed by atoms with Crippen LogP contribution in [0.3, 0.4) is 0 Å². The molecule has 0 bridgehead atoms. The molecule has 0 aliphatic carbocycles. The second kappa shape index (κ2) is 5.32. The van der Waals surface area contributed by atoms with Crippen molar-refractivity contribution in [3.05, 3.63) is 53.9 Å². The maximum atomic E-state index is 4.97. The molecule has 0 radical (unpaired) electrons. The number of aromatic nitrogens is 1. The van der Waals surface area contributed by atoms with Gasteiger partial charge in [-0.15, -0.1) is 0 Å². The van der Waals surface area contributed by atoms with Crippen LogP contribution in [0.15, 0.2) is 47.1 Å². The van der Waals surface area contributed by atoms with E-state index in [-0.39, 0.29) is 0 Å². The molecule has 15 heavy (non-hydrogen) atoms. The molecule has 1 aromatic heterocycles. The molecular weight excluding hydrogens is 188 g/mol. The molecular formula is C12H14N2O. The summed E-state index contributed by atoms with van der Waals surface area (Å²) < 4.78 is 4.97. The van der Waals surface area contributed by atoms with Gasteiger partial charge in [-0.25, -0.2) is 0 Å². The minimum atomic E-state index is 0.743. The summed E-state index contributed by atoms with van der Waals surface area (Å²) in [6.07, 6.45) is 2.70. The van der Waals surface area contributed by atoms with Crippen molar-refractivity contribution in [3.8, 4) is 0 Å². The van der Waals surface area contributed by atoms with Crippen molar-refractivity contribution >= 4 is 0 Å². The van der Waals surface area contributed by atoms with Crippen LogP contribution in [0.1, 0.15) is 11.3 Å². The quantitative estimate of drug-likeness (QED) is 0.754. The van der Waals surface area contributed by atoms with Crippen molar-refractivity contribution in [2.24, 2.45) is 0 Å². The zero-order valence-electron chi connectivity index (χ0n) is 8.52. The van der Waals surface area contributed by atoms with Crippen molar-refractivity contribution in [2.75, 3.05) is 6.54 Å². The lowest BCUT2D eigenvalue weighted by molar-refractivity contribution is 0.373. The van der Waals surface area contributed by atoms with Gasteiger partial charge in [-0.1, -0.05) is 35.5 Å². The second-order valence-corrected chi connectivity index (χ2v) is 3.39. The van der Waals surface area contributed by atoms with Gasteiger partial charge in [0.1, 0.15) is 5.76 Å². The molecule has 0 fully saturated rings. The number of nitrogens with zero attached hydrogens (tertiary/aromatic N) is 1. The Morgan fingerprint density at radius 3 is 2.73 bits per heavy atom. The summed E-state index contributed by atoms with van der Waals surface area (Å²) in [6.45, 7) is 1.69. The van der Waals surface area contributed by atoms with Crippen LogP contribution in [0, 0.1) is 0 Å². The molecule has 2 rings (SSSR count). The van der Waals surface area contributed by atoms with Gasteiger partial charge in [0.15, 0.2) is 0 Å². The molecule has 0 aliphatic heterocycles. The summed E-state index contributed by atoms with van der Waals surface area (Å²) in [7, 11) is 0. The SMILES string of the molecule is c1ccc(CCNCc2ccno2)cc1. The first-order chi connectivity index (χ1) is 7.45. The summed E-state index contributed by atoms with van der Waals surface area (Å²) in [5, 5.41) is 6.95. The zero-order chi connectivity index (χ0) is 10.3. The smallest absolute Gasteiger partial charge is 0.150 e. The number of nitrogens with one attached hydrogen (secondary N) is 1. The number of rotatable bonds is 5. The molecule has 78 valence electrons. The fourth-order valence-corrected chi connectivity index (χ4v) is 1.42. The summed E-state index contributed by atoms with van der Waals surface area (Å²) >= 11 is 0. The predicted molar refractivity (Wildman–Crippen MR) is 58.4 cm³/mol. The van der Waals surface area contributed by atoms with Crippen molar-refractivity contribution in [1.82, 2.24) is 10.5 Å². The largest absolute Gasteiger partial charge is 0.360 e. The first-order valence-corrected chi connectivity index (χ1v) is 5.09. The third-order valence-corrected chi connectivity index (χ3v) is 2.22. The topological polar surface area (TPSA) is 38.1 Å². The second-order valence-electron chi connectivity index (χ2n) is 3.39. The van der Waals surface area contributed by atoms with E-state index >= 15 is 0 Å². The molecule has 3 heteroatoms.